The summed E-state index contributed by atoms with van der Waals surface area (Å²) in [7, 11) is 0. The number of aromatic amines is 2. The molecular weight excluding hydrogens is 220 g/mol. The first-order chi connectivity index (χ1) is 7.56. The molecule has 0 aliphatic heterocycles. The first kappa shape index (κ1) is 10.3. The van der Waals surface area contributed by atoms with Crippen LogP contribution in [0.2, 0.25) is 0 Å². The van der Waals surface area contributed by atoms with Crippen molar-refractivity contribution in [2.24, 2.45) is 0 Å². The van der Waals surface area contributed by atoms with Crippen LogP contribution in [-0.2, 0) is 0 Å². The maximum Gasteiger partial charge on any atom is 0.279 e. The van der Waals surface area contributed by atoms with E-state index in [0.29, 0.717) is 0 Å². The number of hydrogen-bond donors (Lipinski definition) is 3. The number of nitrogen functional groups attached to an aromatic ring is 1. The summed E-state index contributed by atoms with van der Waals surface area (Å²) in [5, 5.41) is 5.76. The Morgan fingerprint density at radius 3 is 2.62 bits per heavy atom. The molecule has 2 rings (SSSR count). The first-order valence-electron chi connectivity index (χ1n) is 4.27. The molecule has 0 bridgehead atoms. The Morgan fingerprint density at radius 1 is 1.31 bits per heavy atom. The van der Waals surface area contributed by atoms with Gasteiger partial charge >= 0.3 is 0 Å². The highest BCUT2D eigenvalue weighted by Gasteiger charge is 2.13. The third kappa shape index (κ3) is 1.90. The van der Waals surface area contributed by atoms with Crippen LogP contribution >= 0.6 is 0 Å². The van der Waals surface area contributed by atoms with E-state index in [0.717, 1.165) is 12.1 Å². The molecule has 0 spiro atoms. The molecule has 2 aromatic rings. The molecule has 8 heteroatoms. The van der Waals surface area contributed by atoms with Gasteiger partial charge in [-0.2, -0.15) is 5.10 Å². The van der Waals surface area contributed by atoms with Crippen LogP contribution < -0.4 is 11.3 Å². The van der Waals surface area contributed by atoms with Crippen LogP contribution in [0.4, 0.5) is 14.7 Å². The van der Waals surface area contributed by atoms with Crippen molar-refractivity contribution in [3.05, 3.63) is 28.2 Å². The largest absolute Gasteiger partial charge is 0.369 e. The molecule has 0 amide bonds. The lowest BCUT2D eigenvalue weighted by atomic mass is 10.3. The van der Waals surface area contributed by atoms with E-state index in [1.807, 2.05) is 0 Å². The van der Waals surface area contributed by atoms with Crippen LogP contribution in [-0.4, -0.2) is 20.2 Å². The lowest BCUT2D eigenvalue weighted by Gasteiger charge is -1.95. The van der Waals surface area contributed by atoms with Crippen LogP contribution in [0.25, 0.3) is 11.4 Å². The van der Waals surface area contributed by atoms with Crippen molar-refractivity contribution in [3.63, 3.8) is 0 Å². The Morgan fingerprint density at radius 2 is 2.06 bits per heavy atom. The number of rotatable bonds is 2. The molecule has 0 fully saturated rings. The predicted molar refractivity (Wildman–Crippen MR) is 51.8 cm³/mol. The average Bonchev–Trinajstić information content (AvgIpc) is 2.64. The number of alkyl halides is 2. The fourth-order valence-electron chi connectivity index (χ4n) is 1.19. The van der Waals surface area contributed by atoms with E-state index in [2.05, 4.69) is 20.2 Å². The molecule has 2 heterocycles. The van der Waals surface area contributed by atoms with Gasteiger partial charge in [-0.05, 0) is 6.07 Å². The van der Waals surface area contributed by atoms with Crippen LogP contribution in [0.3, 0.4) is 0 Å². The van der Waals surface area contributed by atoms with Gasteiger partial charge in [0.15, 0.2) is 0 Å². The maximum atomic E-state index is 12.3. The van der Waals surface area contributed by atoms with Gasteiger partial charge in [-0.3, -0.25) is 14.9 Å². The number of anilines is 1. The van der Waals surface area contributed by atoms with Crippen LogP contribution in [0.5, 0.6) is 0 Å². The van der Waals surface area contributed by atoms with Crippen LogP contribution in [0.15, 0.2) is 16.9 Å². The van der Waals surface area contributed by atoms with Crippen molar-refractivity contribution in [2.45, 2.75) is 6.43 Å². The van der Waals surface area contributed by atoms with E-state index >= 15 is 0 Å². The SMILES string of the molecule is Nc1nc(-c2cc(C(F)F)[nH]n2)cc(=O)[nH]1. The summed E-state index contributed by atoms with van der Waals surface area (Å²) in [6.07, 6.45) is -2.65. The van der Waals surface area contributed by atoms with Gasteiger partial charge in [0.05, 0.1) is 5.69 Å². The van der Waals surface area contributed by atoms with Crippen molar-refractivity contribution in [1.29, 1.82) is 0 Å². The van der Waals surface area contributed by atoms with Gasteiger partial charge < -0.3 is 5.73 Å². The normalized spacial score (nSPS) is 10.9. The second-order valence-electron chi connectivity index (χ2n) is 3.03. The van der Waals surface area contributed by atoms with Crippen molar-refractivity contribution >= 4 is 5.95 Å². The van der Waals surface area contributed by atoms with Gasteiger partial charge in [-0.1, -0.05) is 0 Å². The molecule has 2 aromatic heterocycles. The Labute approximate surface area is 87.5 Å². The molecule has 0 aromatic carbocycles. The molecule has 0 atom stereocenters. The summed E-state index contributed by atoms with van der Waals surface area (Å²) in [4.78, 5) is 17.1. The third-order valence-corrected chi connectivity index (χ3v) is 1.86. The van der Waals surface area contributed by atoms with Crippen molar-refractivity contribution < 1.29 is 8.78 Å². The summed E-state index contributed by atoms with van der Waals surface area (Å²) >= 11 is 0. The number of aromatic nitrogens is 4. The standard InChI is InChI=1S/C8H7F2N5O/c9-7(10)5-1-4(14-15-5)3-2-6(16)13-8(11)12-3/h1-2,7H,(H,14,15)(H3,11,12,13,16). The fourth-order valence-corrected chi connectivity index (χ4v) is 1.19. The molecule has 0 saturated heterocycles. The van der Waals surface area contributed by atoms with Crippen LogP contribution in [0, 0.1) is 0 Å². The molecular formula is C8H7F2N5O. The Balaban J connectivity index is 2.46. The minimum atomic E-state index is -2.65. The van der Waals surface area contributed by atoms with E-state index in [1.54, 1.807) is 0 Å². The lowest BCUT2D eigenvalue weighted by molar-refractivity contribution is 0.146. The van der Waals surface area contributed by atoms with Gasteiger partial charge in [0, 0.05) is 6.07 Å². The number of nitrogens with one attached hydrogen (secondary N) is 2. The highest BCUT2D eigenvalue weighted by Crippen LogP contribution is 2.21. The maximum absolute atomic E-state index is 12.3. The first-order valence-corrected chi connectivity index (χ1v) is 4.27. The smallest absolute Gasteiger partial charge is 0.279 e. The van der Waals surface area contributed by atoms with E-state index in [9.17, 15) is 13.6 Å². The molecule has 6 nitrogen and oxygen atoms in total. The van der Waals surface area contributed by atoms with Gasteiger partial charge in [0.25, 0.3) is 12.0 Å². The number of H-pyrrole nitrogens is 2. The predicted octanol–water partition coefficient (Wildman–Crippen LogP) is 0.680. The summed E-state index contributed by atoms with van der Waals surface area (Å²) < 4.78 is 24.5. The number of nitrogens with zero attached hydrogens (tertiary/aromatic N) is 2. The molecule has 0 aliphatic carbocycles. The van der Waals surface area contributed by atoms with Crippen molar-refractivity contribution in [2.75, 3.05) is 5.73 Å². The highest BCUT2D eigenvalue weighted by molar-refractivity contribution is 5.55. The number of nitrogens with two attached hydrogens (primary N) is 1. The molecule has 0 saturated carbocycles. The highest BCUT2D eigenvalue weighted by atomic mass is 19.3. The lowest BCUT2D eigenvalue weighted by Crippen LogP contribution is -2.10. The number of hydrogen-bond acceptors (Lipinski definition) is 4. The van der Waals surface area contributed by atoms with Gasteiger partial charge in [-0.25, -0.2) is 13.8 Å². The third-order valence-electron chi connectivity index (χ3n) is 1.86. The summed E-state index contributed by atoms with van der Waals surface area (Å²) in [6.45, 7) is 0. The quantitative estimate of drug-likeness (QED) is 0.702. The van der Waals surface area contributed by atoms with Gasteiger partial charge in [0.1, 0.15) is 11.4 Å². The van der Waals surface area contributed by atoms with E-state index in [1.165, 1.54) is 0 Å². The van der Waals surface area contributed by atoms with E-state index in [4.69, 9.17) is 5.73 Å². The van der Waals surface area contributed by atoms with Crippen LogP contribution in [0.1, 0.15) is 12.1 Å². The van der Waals surface area contributed by atoms with Gasteiger partial charge in [0.2, 0.25) is 5.95 Å². The van der Waals surface area contributed by atoms with Gasteiger partial charge in [-0.15, -0.1) is 0 Å². The van der Waals surface area contributed by atoms with Crippen molar-refractivity contribution in [1.82, 2.24) is 20.2 Å². The molecule has 0 unspecified atom stereocenters. The molecule has 0 radical (unpaired) electrons. The molecule has 0 aliphatic rings. The van der Waals surface area contributed by atoms with E-state index < -0.39 is 12.0 Å². The van der Waals surface area contributed by atoms with E-state index in [-0.39, 0.29) is 23.0 Å². The Hall–Kier alpha value is -2.25. The minimum Gasteiger partial charge on any atom is -0.369 e. The molecule has 84 valence electrons. The Bertz CT molecular complexity index is 562. The summed E-state index contributed by atoms with van der Waals surface area (Å²) in [5.74, 6) is -0.0934. The minimum absolute atomic E-state index is 0.0934. The summed E-state index contributed by atoms with van der Waals surface area (Å²) in [6, 6.07) is 2.24. The second kappa shape index (κ2) is 3.72. The molecule has 16 heavy (non-hydrogen) atoms. The zero-order valence-electron chi connectivity index (χ0n) is 7.87. The average molecular weight is 227 g/mol. The molecule has 4 N–H and O–H groups in total. The fraction of sp³-hybridized carbons (Fsp3) is 0.125. The zero-order chi connectivity index (χ0) is 11.7. The monoisotopic (exact) mass is 227 g/mol. The second-order valence-corrected chi connectivity index (χ2v) is 3.03. The van der Waals surface area contributed by atoms with Crippen molar-refractivity contribution in [3.8, 4) is 11.4 Å². The summed E-state index contributed by atoms with van der Waals surface area (Å²) in [5.41, 5.74) is 4.79. The Kier molecular flexibility index (Phi) is 2.39. The zero-order valence-corrected chi connectivity index (χ0v) is 7.87. The topological polar surface area (TPSA) is 100 Å². The number of halogens is 2.